The molecule has 1 N–H and O–H groups in total. The first-order chi connectivity index (χ1) is 14.0. The van der Waals surface area contributed by atoms with Crippen molar-refractivity contribution in [2.24, 2.45) is 0 Å². The van der Waals surface area contributed by atoms with Crippen LogP contribution >= 0.6 is 22.9 Å². The van der Waals surface area contributed by atoms with E-state index >= 15 is 0 Å². The second-order valence-electron chi connectivity index (χ2n) is 6.59. The highest BCUT2D eigenvalue weighted by molar-refractivity contribution is 7.16. The van der Waals surface area contributed by atoms with E-state index in [0.717, 1.165) is 27.4 Å². The molecule has 0 unspecified atom stereocenters. The van der Waals surface area contributed by atoms with Gasteiger partial charge in [0.25, 0.3) is 5.91 Å². The third-order valence-electron chi connectivity index (χ3n) is 4.37. The monoisotopic (exact) mass is 423 g/mol. The highest BCUT2D eigenvalue weighted by Crippen LogP contribution is 2.30. The molecular weight excluding hydrogens is 406 g/mol. The molecule has 29 heavy (non-hydrogen) atoms. The lowest BCUT2D eigenvalue weighted by atomic mass is 10.2. The van der Waals surface area contributed by atoms with Crippen molar-refractivity contribution < 1.29 is 4.79 Å². The molecule has 1 amide bonds. The molecule has 8 heteroatoms. The Morgan fingerprint density at radius 1 is 1.14 bits per heavy atom. The molecular formula is C21H18ClN5OS. The Hall–Kier alpha value is -3.03. The zero-order valence-electron chi connectivity index (χ0n) is 15.9. The van der Waals surface area contributed by atoms with Crippen LogP contribution in [0.15, 0.2) is 54.9 Å². The fourth-order valence-electron chi connectivity index (χ4n) is 2.85. The first-order valence-electron chi connectivity index (χ1n) is 8.98. The van der Waals surface area contributed by atoms with E-state index in [1.807, 2.05) is 56.3 Å². The van der Waals surface area contributed by atoms with Crippen LogP contribution in [0.25, 0.3) is 11.4 Å². The average Bonchev–Trinajstić information content (AvgIpc) is 3.26. The number of rotatable bonds is 5. The standard InChI is InChI=1S/C21H18ClN5OS/c1-13-8-9-17(23-10-13)18-14(2)29-21(25-18)26-20(28)16-11-24-27(19(16)22)12-15-6-4-3-5-7-15/h3-11H,12H2,1-2H3,(H,25,26,28). The highest BCUT2D eigenvalue weighted by Gasteiger charge is 2.19. The Bertz CT molecular complexity index is 1150. The van der Waals surface area contributed by atoms with Gasteiger partial charge in [0, 0.05) is 11.1 Å². The molecule has 0 atom stereocenters. The van der Waals surface area contributed by atoms with E-state index in [-0.39, 0.29) is 5.91 Å². The summed E-state index contributed by atoms with van der Waals surface area (Å²) in [5.41, 5.74) is 3.98. The van der Waals surface area contributed by atoms with Gasteiger partial charge >= 0.3 is 0 Å². The molecule has 0 aliphatic carbocycles. The molecule has 4 aromatic rings. The van der Waals surface area contributed by atoms with Crippen LogP contribution in [0.5, 0.6) is 0 Å². The molecule has 0 saturated heterocycles. The van der Waals surface area contributed by atoms with E-state index in [4.69, 9.17) is 11.6 Å². The van der Waals surface area contributed by atoms with Crippen LogP contribution in [0.4, 0.5) is 5.13 Å². The van der Waals surface area contributed by atoms with E-state index in [1.165, 1.54) is 17.5 Å². The molecule has 0 aliphatic rings. The minimum atomic E-state index is -0.341. The van der Waals surface area contributed by atoms with Crippen LogP contribution in [0.3, 0.4) is 0 Å². The number of nitrogens with one attached hydrogen (secondary N) is 1. The molecule has 6 nitrogen and oxygen atoms in total. The Morgan fingerprint density at radius 3 is 2.66 bits per heavy atom. The minimum absolute atomic E-state index is 0.292. The summed E-state index contributed by atoms with van der Waals surface area (Å²) in [6.45, 7) is 4.43. The van der Waals surface area contributed by atoms with Gasteiger partial charge in [-0.2, -0.15) is 5.10 Å². The van der Waals surface area contributed by atoms with Crippen molar-refractivity contribution in [2.45, 2.75) is 20.4 Å². The third-order valence-corrected chi connectivity index (χ3v) is 5.65. The van der Waals surface area contributed by atoms with E-state index < -0.39 is 0 Å². The summed E-state index contributed by atoms with van der Waals surface area (Å²) in [6.07, 6.45) is 3.27. The minimum Gasteiger partial charge on any atom is -0.298 e. The van der Waals surface area contributed by atoms with Crippen molar-refractivity contribution in [1.82, 2.24) is 19.7 Å². The maximum Gasteiger partial charge on any atom is 0.262 e. The van der Waals surface area contributed by atoms with Crippen LogP contribution in [-0.2, 0) is 6.54 Å². The highest BCUT2D eigenvalue weighted by atomic mass is 35.5. The Balaban J connectivity index is 1.51. The Labute approximate surface area is 177 Å². The fraction of sp³-hybridized carbons (Fsp3) is 0.143. The summed E-state index contributed by atoms with van der Waals surface area (Å²) < 4.78 is 1.60. The molecule has 0 saturated carbocycles. The van der Waals surface area contributed by atoms with Crippen LogP contribution in [-0.4, -0.2) is 25.7 Å². The summed E-state index contributed by atoms with van der Waals surface area (Å²) in [5, 5.41) is 7.86. The smallest absolute Gasteiger partial charge is 0.262 e. The predicted octanol–water partition coefficient (Wildman–Crippen LogP) is 4.97. The Kier molecular flexibility index (Phi) is 5.42. The van der Waals surface area contributed by atoms with Crippen LogP contribution in [0, 0.1) is 13.8 Å². The maximum absolute atomic E-state index is 12.7. The normalized spacial score (nSPS) is 10.9. The fourth-order valence-corrected chi connectivity index (χ4v) is 3.90. The van der Waals surface area contributed by atoms with Crippen molar-refractivity contribution in [3.05, 3.63) is 81.6 Å². The van der Waals surface area contributed by atoms with Crippen molar-refractivity contribution in [3.8, 4) is 11.4 Å². The average molecular weight is 424 g/mol. The van der Waals surface area contributed by atoms with E-state index in [0.29, 0.717) is 22.4 Å². The number of nitrogens with zero attached hydrogens (tertiary/aromatic N) is 4. The van der Waals surface area contributed by atoms with Gasteiger partial charge in [-0.15, -0.1) is 11.3 Å². The van der Waals surface area contributed by atoms with Crippen molar-refractivity contribution in [2.75, 3.05) is 5.32 Å². The third kappa shape index (κ3) is 4.21. The van der Waals surface area contributed by atoms with Gasteiger partial charge in [0.15, 0.2) is 5.13 Å². The Morgan fingerprint density at radius 2 is 1.93 bits per heavy atom. The summed E-state index contributed by atoms with van der Waals surface area (Å²) in [6, 6.07) is 13.7. The van der Waals surface area contributed by atoms with Gasteiger partial charge in [0.05, 0.1) is 24.0 Å². The van der Waals surface area contributed by atoms with Gasteiger partial charge in [-0.1, -0.05) is 48.0 Å². The summed E-state index contributed by atoms with van der Waals surface area (Å²) in [4.78, 5) is 22.6. The number of amides is 1. The molecule has 146 valence electrons. The van der Waals surface area contributed by atoms with E-state index in [9.17, 15) is 4.79 Å². The number of hydrogen-bond acceptors (Lipinski definition) is 5. The molecule has 0 aliphatic heterocycles. The van der Waals surface area contributed by atoms with Crippen molar-refractivity contribution >= 4 is 34.0 Å². The number of anilines is 1. The largest absolute Gasteiger partial charge is 0.298 e. The van der Waals surface area contributed by atoms with Gasteiger partial charge in [-0.05, 0) is 31.0 Å². The van der Waals surface area contributed by atoms with Gasteiger partial charge in [0.2, 0.25) is 0 Å². The van der Waals surface area contributed by atoms with E-state index in [2.05, 4.69) is 20.4 Å². The lowest BCUT2D eigenvalue weighted by molar-refractivity contribution is 0.102. The quantitative estimate of drug-likeness (QED) is 0.491. The maximum atomic E-state index is 12.7. The molecule has 0 spiro atoms. The molecule has 3 heterocycles. The van der Waals surface area contributed by atoms with Crippen LogP contribution < -0.4 is 5.32 Å². The summed E-state index contributed by atoms with van der Waals surface area (Å²) in [5.74, 6) is -0.341. The van der Waals surface area contributed by atoms with E-state index in [1.54, 1.807) is 10.9 Å². The lowest BCUT2D eigenvalue weighted by Gasteiger charge is -2.04. The van der Waals surface area contributed by atoms with Crippen LogP contribution in [0.2, 0.25) is 5.15 Å². The molecule has 0 bridgehead atoms. The number of carbonyl (C=O) groups is 1. The number of hydrogen-bond donors (Lipinski definition) is 1. The summed E-state index contributed by atoms with van der Waals surface area (Å²) >= 11 is 7.79. The second-order valence-corrected chi connectivity index (χ2v) is 8.15. The van der Waals surface area contributed by atoms with Gasteiger partial charge in [0.1, 0.15) is 10.8 Å². The predicted molar refractivity (Wildman–Crippen MR) is 116 cm³/mol. The van der Waals surface area contributed by atoms with Gasteiger partial charge < -0.3 is 0 Å². The van der Waals surface area contributed by atoms with Crippen molar-refractivity contribution in [1.29, 1.82) is 0 Å². The number of pyridine rings is 1. The van der Waals surface area contributed by atoms with Gasteiger partial charge in [-0.25, -0.2) is 9.67 Å². The molecule has 4 rings (SSSR count). The topological polar surface area (TPSA) is 72.7 Å². The number of halogens is 1. The number of carbonyl (C=O) groups excluding carboxylic acids is 1. The number of aromatic nitrogens is 4. The second kappa shape index (κ2) is 8.14. The first-order valence-corrected chi connectivity index (χ1v) is 10.2. The first kappa shape index (κ1) is 19.3. The number of benzene rings is 1. The van der Waals surface area contributed by atoms with Crippen LogP contribution in [0.1, 0.15) is 26.4 Å². The molecule has 3 aromatic heterocycles. The zero-order valence-corrected chi connectivity index (χ0v) is 17.5. The molecule has 1 aromatic carbocycles. The number of aryl methyl sites for hydroxylation is 2. The summed E-state index contributed by atoms with van der Waals surface area (Å²) in [7, 11) is 0. The SMILES string of the molecule is Cc1ccc(-c2nc(NC(=O)c3cnn(Cc4ccccc4)c3Cl)sc2C)nc1. The zero-order chi connectivity index (χ0) is 20.4. The number of thiazole rings is 1. The molecule has 0 fully saturated rings. The van der Waals surface area contributed by atoms with Gasteiger partial charge in [-0.3, -0.25) is 15.1 Å². The molecule has 0 radical (unpaired) electrons. The lowest BCUT2D eigenvalue weighted by Crippen LogP contribution is -2.12. The van der Waals surface area contributed by atoms with Crippen molar-refractivity contribution in [3.63, 3.8) is 0 Å².